The monoisotopic (exact) mass is 287 g/mol. The van der Waals surface area contributed by atoms with Gasteiger partial charge < -0.3 is 0 Å². The third kappa shape index (κ3) is 4.11. The minimum Gasteiger partial charge on any atom is -0.265 e. The molecule has 0 bridgehead atoms. The smallest absolute Gasteiger partial charge is 0.265 e. The van der Waals surface area contributed by atoms with Crippen molar-refractivity contribution in [2.45, 2.75) is 18.3 Å². The Labute approximate surface area is 103 Å². The van der Waals surface area contributed by atoms with Gasteiger partial charge in [0, 0.05) is 4.92 Å². The molecule has 0 aliphatic rings. The predicted molar refractivity (Wildman–Crippen MR) is 52.1 cm³/mol. The third-order valence-corrected chi connectivity index (χ3v) is 2.37. The lowest BCUT2D eigenvalue weighted by molar-refractivity contribution is -0.490. The van der Waals surface area contributed by atoms with Crippen LogP contribution < -0.4 is 0 Å². The normalized spacial score (nSPS) is 14.2. The van der Waals surface area contributed by atoms with Gasteiger partial charge in [-0.25, -0.2) is 0 Å². The Morgan fingerprint density at radius 1 is 1.05 bits per heavy atom. The Bertz CT molecular complexity index is 451. The van der Waals surface area contributed by atoms with E-state index in [2.05, 4.69) is 0 Å². The van der Waals surface area contributed by atoms with Gasteiger partial charge in [-0.2, -0.15) is 26.3 Å². The average Bonchev–Trinajstić information content (AvgIpc) is 2.23. The molecule has 1 atom stereocenters. The zero-order chi connectivity index (χ0) is 14.8. The minimum atomic E-state index is -4.90. The predicted octanol–water partition coefficient (Wildman–Crippen LogP) is 3.63. The largest absolute Gasteiger partial charge is 0.416 e. The van der Waals surface area contributed by atoms with Crippen molar-refractivity contribution in [3.63, 3.8) is 0 Å². The maximum Gasteiger partial charge on any atom is 0.416 e. The fourth-order valence-corrected chi connectivity index (χ4v) is 1.45. The first-order valence-electron chi connectivity index (χ1n) is 4.87. The number of halogens is 6. The summed E-state index contributed by atoms with van der Waals surface area (Å²) < 4.78 is 74.4. The van der Waals surface area contributed by atoms with Crippen LogP contribution in [-0.4, -0.2) is 17.6 Å². The Morgan fingerprint density at radius 3 is 1.84 bits per heavy atom. The number of hydrogen-bond donors (Lipinski definition) is 0. The van der Waals surface area contributed by atoms with E-state index in [9.17, 15) is 36.5 Å². The minimum absolute atomic E-state index is 0.466. The van der Waals surface area contributed by atoms with E-state index in [0.717, 1.165) is 0 Å². The van der Waals surface area contributed by atoms with E-state index >= 15 is 0 Å². The number of alkyl halides is 6. The van der Waals surface area contributed by atoms with Gasteiger partial charge in [-0.3, -0.25) is 10.1 Å². The highest BCUT2D eigenvalue weighted by Gasteiger charge is 2.44. The van der Waals surface area contributed by atoms with Crippen molar-refractivity contribution >= 4 is 0 Å². The van der Waals surface area contributed by atoms with Gasteiger partial charge in [0.15, 0.2) is 0 Å². The molecule has 0 amide bonds. The van der Waals surface area contributed by atoms with E-state index in [0.29, 0.717) is 24.3 Å². The molecule has 0 saturated heterocycles. The quantitative estimate of drug-likeness (QED) is 0.484. The first-order chi connectivity index (χ1) is 8.51. The molecule has 19 heavy (non-hydrogen) atoms. The van der Waals surface area contributed by atoms with E-state index < -0.39 is 40.9 Å². The highest BCUT2D eigenvalue weighted by molar-refractivity contribution is 5.28. The molecule has 0 aliphatic carbocycles. The number of nitrogens with zero attached hydrogens (tertiary/aromatic N) is 1. The van der Waals surface area contributed by atoms with Crippen LogP contribution in [0, 0.1) is 10.1 Å². The third-order valence-electron chi connectivity index (χ3n) is 2.37. The van der Waals surface area contributed by atoms with Gasteiger partial charge in [0.05, 0.1) is 5.56 Å². The van der Waals surface area contributed by atoms with Crippen LogP contribution in [0.15, 0.2) is 24.3 Å². The zero-order valence-corrected chi connectivity index (χ0v) is 9.13. The lowest BCUT2D eigenvalue weighted by atomic mass is 9.97. The number of rotatable bonds is 3. The second kappa shape index (κ2) is 5.06. The molecule has 0 spiro atoms. The molecule has 1 aromatic carbocycles. The van der Waals surface area contributed by atoms with Crippen molar-refractivity contribution in [1.82, 2.24) is 0 Å². The summed E-state index contributed by atoms with van der Waals surface area (Å²) in [5.74, 6) is -2.43. The summed E-state index contributed by atoms with van der Waals surface area (Å²) in [6, 6.07) is 2.14. The van der Waals surface area contributed by atoms with E-state index in [1.807, 2.05) is 0 Å². The lowest BCUT2D eigenvalue weighted by Crippen LogP contribution is -2.27. The molecule has 0 saturated carbocycles. The Morgan fingerprint density at radius 2 is 1.53 bits per heavy atom. The summed E-state index contributed by atoms with van der Waals surface area (Å²) in [6.07, 6.45) is -9.57. The zero-order valence-electron chi connectivity index (χ0n) is 9.13. The van der Waals surface area contributed by atoms with Gasteiger partial charge in [0.1, 0.15) is 5.92 Å². The van der Waals surface area contributed by atoms with Crippen molar-refractivity contribution in [3.8, 4) is 0 Å². The molecule has 3 nitrogen and oxygen atoms in total. The molecule has 9 heteroatoms. The summed E-state index contributed by atoms with van der Waals surface area (Å²) in [5, 5.41) is 10.2. The van der Waals surface area contributed by atoms with E-state index in [-0.39, 0.29) is 0 Å². The van der Waals surface area contributed by atoms with Crippen molar-refractivity contribution in [2.75, 3.05) is 6.54 Å². The topological polar surface area (TPSA) is 43.1 Å². The lowest BCUT2D eigenvalue weighted by Gasteiger charge is -2.17. The maximum absolute atomic E-state index is 12.6. The van der Waals surface area contributed by atoms with Crippen LogP contribution in [0.1, 0.15) is 17.0 Å². The second-order valence-electron chi connectivity index (χ2n) is 3.73. The molecule has 0 unspecified atom stereocenters. The summed E-state index contributed by atoms with van der Waals surface area (Å²) in [4.78, 5) is 9.02. The van der Waals surface area contributed by atoms with Gasteiger partial charge in [-0.05, 0) is 17.7 Å². The molecular formula is C10H7F6NO2. The standard InChI is InChI=1S/C10H7F6NO2/c11-9(12,13)7-3-1-6(2-4-7)8(5-17(18)19)10(14,15)16/h1-4,8H,5H2/t8-/m0/s1. The van der Waals surface area contributed by atoms with E-state index in [1.165, 1.54) is 0 Å². The highest BCUT2D eigenvalue weighted by atomic mass is 19.4. The molecule has 0 aromatic heterocycles. The van der Waals surface area contributed by atoms with Gasteiger partial charge in [0.25, 0.3) is 0 Å². The SMILES string of the molecule is O=[N+]([O-])C[C@@H](c1ccc(C(F)(F)F)cc1)C(F)(F)F. The van der Waals surface area contributed by atoms with E-state index in [4.69, 9.17) is 0 Å². The molecule has 106 valence electrons. The van der Waals surface area contributed by atoms with Gasteiger partial charge >= 0.3 is 12.4 Å². The molecule has 0 radical (unpaired) electrons. The Hall–Kier alpha value is -1.80. The molecule has 0 N–H and O–H groups in total. The van der Waals surface area contributed by atoms with Crippen LogP contribution in [0.5, 0.6) is 0 Å². The summed E-state index contributed by atoms with van der Waals surface area (Å²) in [5.41, 5.74) is -1.68. The van der Waals surface area contributed by atoms with Crippen molar-refractivity contribution < 1.29 is 31.3 Å². The van der Waals surface area contributed by atoms with Crippen LogP contribution in [0.3, 0.4) is 0 Å². The van der Waals surface area contributed by atoms with Crippen molar-refractivity contribution in [3.05, 3.63) is 45.5 Å². The fourth-order valence-electron chi connectivity index (χ4n) is 1.45. The van der Waals surface area contributed by atoms with Crippen LogP contribution >= 0.6 is 0 Å². The number of benzene rings is 1. The van der Waals surface area contributed by atoms with Crippen molar-refractivity contribution in [1.29, 1.82) is 0 Å². The highest BCUT2D eigenvalue weighted by Crippen LogP contribution is 2.36. The number of hydrogen-bond acceptors (Lipinski definition) is 2. The molecule has 0 heterocycles. The molecular weight excluding hydrogens is 280 g/mol. The van der Waals surface area contributed by atoms with E-state index in [1.54, 1.807) is 0 Å². The van der Waals surface area contributed by atoms with Crippen LogP contribution in [-0.2, 0) is 6.18 Å². The van der Waals surface area contributed by atoms with Crippen LogP contribution in [0.25, 0.3) is 0 Å². The molecule has 0 aliphatic heterocycles. The van der Waals surface area contributed by atoms with Gasteiger partial charge in [-0.1, -0.05) is 12.1 Å². The molecule has 1 rings (SSSR count). The summed E-state index contributed by atoms with van der Waals surface area (Å²) in [7, 11) is 0. The van der Waals surface area contributed by atoms with Crippen LogP contribution in [0.2, 0.25) is 0 Å². The fraction of sp³-hybridized carbons (Fsp3) is 0.400. The summed E-state index contributed by atoms with van der Waals surface area (Å²) in [6.45, 7) is -1.42. The van der Waals surface area contributed by atoms with Crippen molar-refractivity contribution in [2.24, 2.45) is 0 Å². The Balaban J connectivity index is 3.08. The first-order valence-corrected chi connectivity index (χ1v) is 4.87. The second-order valence-corrected chi connectivity index (χ2v) is 3.73. The summed E-state index contributed by atoms with van der Waals surface area (Å²) >= 11 is 0. The molecule has 0 fully saturated rings. The van der Waals surface area contributed by atoms with Gasteiger partial charge in [0.2, 0.25) is 6.54 Å². The number of nitro groups is 1. The first kappa shape index (κ1) is 15.3. The Kier molecular flexibility index (Phi) is 4.06. The van der Waals surface area contributed by atoms with Crippen LogP contribution in [0.4, 0.5) is 26.3 Å². The molecule has 1 aromatic rings. The maximum atomic E-state index is 12.6. The van der Waals surface area contributed by atoms with Gasteiger partial charge in [-0.15, -0.1) is 0 Å². The average molecular weight is 287 g/mol.